The Labute approximate surface area is 119 Å². The number of carboxylic acids is 1. The number of thioether (sulfide) groups is 1. The van der Waals surface area contributed by atoms with Gasteiger partial charge in [-0.25, -0.2) is 0 Å². The average molecular weight is 291 g/mol. The molecule has 0 aliphatic heterocycles. The highest BCUT2D eigenvalue weighted by Crippen LogP contribution is 2.40. The second-order valence-corrected chi connectivity index (χ2v) is 5.54. The summed E-state index contributed by atoms with van der Waals surface area (Å²) in [5, 5.41) is 25.6. The molecule has 0 unspecified atom stereocenters. The summed E-state index contributed by atoms with van der Waals surface area (Å²) in [6.07, 6.45) is 3.85. The van der Waals surface area contributed by atoms with Crippen LogP contribution in [0.15, 0.2) is 23.5 Å². The van der Waals surface area contributed by atoms with E-state index in [-0.39, 0.29) is 5.75 Å². The summed E-state index contributed by atoms with van der Waals surface area (Å²) in [7, 11) is 0. The molecule has 1 N–H and O–H groups in total. The van der Waals surface area contributed by atoms with E-state index in [0.29, 0.717) is 17.6 Å². The first-order valence-electron chi connectivity index (χ1n) is 6.28. The quantitative estimate of drug-likeness (QED) is 0.798. The summed E-state index contributed by atoms with van der Waals surface area (Å²) in [5.74, 6) is 0.474. The highest BCUT2D eigenvalue weighted by Gasteiger charge is 2.30. The Morgan fingerprint density at radius 2 is 2.25 bits per heavy atom. The number of carboxylic acid groups (broad SMARTS) is 1. The zero-order valence-corrected chi connectivity index (χ0v) is 11.5. The fraction of sp³-hybridized carbons (Fsp3) is 0.417. The Morgan fingerprint density at radius 3 is 2.90 bits per heavy atom. The van der Waals surface area contributed by atoms with Gasteiger partial charge in [-0.2, -0.15) is 10.2 Å². The van der Waals surface area contributed by atoms with E-state index in [0.717, 1.165) is 24.4 Å². The Morgan fingerprint density at radius 1 is 1.40 bits per heavy atom. The van der Waals surface area contributed by atoms with Crippen molar-refractivity contribution in [1.29, 1.82) is 0 Å². The zero-order valence-electron chi connectivity index (χ0n) is 10.6. The molecule has 0 bridgehead atoms. The summed E-state index contributed by atoms with van der Waals surface area (Å²) < 4.78 is 1.95. The third kappa shape index (κ3) is 2.96. The highest BCUT2D eigenvalue weighted by molar-refractivity contribution is 7.99. The second-order valence-electron chi connectivity index (χ2n) is 4.60. The van der Waals surface area contributed by atoms with Crippen LogP contribution in [0.5, 0.6) is 0 Å². The van der Waals surface area contributed by atoms with E-state index in [9.17, 15) is 4.79 Å². The number of hydrogen-bond acceptors (Lipinski definition) is 6. The van der Waals surface area contributed by atoms with Gasteiger partial charge in [0.25, 0.3) is 0 Å². The Balaban J connectivity index is 1.85. The number of carbonyl (C=O) groups is 1. The lowest BCUT2D eigenvalue weighted by molar-refractivity contribution is -0.133. The second kappa shape index (κ2) is 5.58. The molecule has 0 radical (unpaired) electrons. The van der Waals surface area contributed by atoms with Crippen LogP contribution >= 0.6 is 11.8 Å². The molecule has 3 rings (SSSR count). The third-order valence-electron chi connectivity index (χ3n) is 2.96. The average Bonchev–Trinajstić information content (AvgIpc) is 3.21. The summed E-state index contributed by atoms with van der Waals surface area (Å²) in [4.78, 5) is 10.7. The fourth-order valence-electron chi connectivity index (χ4n) is 1.90. The maximum atomic E-state index is 10.7. The smallest absolute Gasteiger partial charge is 0.313 e. The van der Waals surface area contributed by atoms with Crippen molar-refractivity contribution in [3.05, 3.63) is 29.8 Å². The van der Waals surface area contributed by atoms with Crippen LogP contribution in [0.2, 0.25) is 0 Å². The minimum absolute atomic E-state index is 0.0245. The van der Waals surface area contributed by atoms with Crippen LogP contribution < -0.4 is 0 Å². The zero-order chi connectivity index (χ0) is 13.9. The van der Waals surface area contributed by atoms with Gasteiger partial charge in [-0.15, -0.1) is 10.2 Å². The largest absolute Gasteiger partial charge is 0.481 e. The molecule has 2 heterocycles. The minimum Gasteiger partial charge on any atom is -0.481 e. The molecule has 0 amide bonds. The van der Waals surface area contributed by atoms with E-state index < -0.39 is 5.97 Å². The molecule has 1 saturated carbocycles. The molecular weight excluding hydrogens is 278 g/mol. The normalized spacial score (nSPS) is 14.4. The molecule has 7 nitrogen and oxygen atoms in total. The van der Waals surface area contributed by atoms with Crippen molar-refractivity contribution in [3.63, 3.8) is 0 Å². The molecule has 1 aliphatic rings. The van der Waals surface area contributed by atoms with E-state index in [1.54, 1.807) is 6.20 Å². The third-order valence-corrected chi connectivity index (χ3v) is 3.91. The van der Waals surface area contributed by atoms with Crippen molar-refractivity contribution in [2.45, 2.75) is 30.5 Å². The molecule has 2 aromatic rings. The van der Waals surface area contributed by atoms with Gasteiger partial charge in [0, 0.05) is 12.1 Å². The van der Waals surface area contributed by atoms with Crippen LogP contribution in [0.25, 0.3) is 0 Å². The molecule has 1 aliphatic carbocycles. The van der Waals surface area contributed by atoms with Gasteiger partial charge in [-0.1, -0.05) is 11.8 Å². The van der Waals surface area contributed by atoms with Crippen LogP contribution in [0.1, 0.15) is 30.3 Å². The standard InChI is InChI=1S/C12H13N5O2S/c18-10(19)7-20-12-16-15-11(8-3-4-8)17(12)6-9-2-1-5-13-14-9/h1-2,5,8H,3-4,6-7H2,(H,18,19). The molecule has 0 saturated heterocycles. The van der Waals surface area contributed by atoms with Crippen LogP contribution in [0.4, 0.5) is 0 Å². The summed E-state index contributed by atoms with van der Waals surface area (Å²) in [5.41, 5.74) is 0.811. The van der Waals surface area contributed by atoms with Crippen molar-refractivity contribution in [1.82, 2.24) is 25.0 Å². The fourth-order valence-corrected chi connectivity index (χ4v) is 2.57. The van der Waals surface area contributed by atoms with Gasteiger partial charge in [0.2, 0.25) is 0 Å². The van der Waals surface area contributed by atoms with Gasteiger partial charge in [0.05, 0.1) is 18.0 Å². The number of aromatic nitrogens is 5. The van der Waals surface area contributed by atoms with Crippen LogP contribution in [0, 0.1) is 0 Å². The first kappa shape index (κ1) is 13.0. The number of nitrogens with zero attached hydrogens (tertiary/aromatic N) is 5. The van der Waals surface area contributed by atoms with Gasteiger partial charge in [0.15, 0.2) is 5.16 Å². The van der Waals surface area contributed by atoms with Gasteiger partial charge < -0.3 is 5.11 Å². The molecule has 20 heavy (non-hydrogen) atoms. The number of aliphatic carboxylic acids is 1. The van der Waals surface area contributed by atoms with Gasteiger partial charge in [-0.3, -0.25) is 9.36 Å². The Bertz CT molecular complexity index is 612. The van der Waals surface area contributed by atoms with E-state index in [4.69, 9.17) is 5.11 Å². The van der Waals surface area contributed by atoms with Gasteiger partial charge in [-0.05, 0) is 25.0 Å². The van der Waals surface area contributed by atoms with Crippen molar-refractivity contribution in [3.8, 4) is 0 Å². The maximum Gasteiger partial charge on any atom is 0.313 e. The lowest BCUT2D eigenvalue weighted by atomic mass is 10.3. The molecule has 1 fully saturated rings. The molecule has 8 heteroatoms. The van der Waals surface area contributed by atoms with E-state index >= 15 is 0 Å². The predicted octanol–water partition coefficient (Wildman–Crippen LogP) is 1.17. The molecule has 104 valence electrons. The highest BCUT2D eigenvalue weighted by atomic mass is 32.2. The predicted molar refractivity (Wildman–Crippen MR) is 71.5 cm³/mol. The summed E-state index contributed by atoms with van der Waals surface area (Å²) in [6, 6.07) is 3.71. The molecule has 2 aromatic heterocycles. The summed E-state index contributed by atoms with van der Waals surface area (Å²) in [6.45, 7) is 0.522. The van der Waals surface area contributed by atoms with Crippen molar-refractivity contribution < 1.29 is 9.90 Å². The Hall–Kier alpha value is -1.96. The first-order chi connectivity index (χ1) is 9.74. The lowest BCUT2D eigenvalue weighted by Crippen LogP contribution is -2.09. The first-order valence-corrected chi connectivity index (χ1v) is 7.27. The van der Waals surface area contributed by atoms with Crippen molar-refractivity contribution >= 4 is 17.7 Å². The van der Waals surface area contributed by atoms with Crippen molar-refractivity contribution in [2.24, 2.45) is 0 Å². The van der Waals surface area contributed by atoms with Crippen LogP contribution in [-0.4, -0.2) is 41.8 Å². The van der Waals surface area contributed by atoms with Crippen LogP contribution in [-0.2, 0) is 11.3 Å². The minimum atomic E-state index is -0.864. The molecule has 0 aromatic carbocycles. The number of hydrogen-bond donors (Lipinski definition) is 1. The maximum absolute atomic E-state index is 10.7. The van der Waals surface area contributed by atoms with E-state index in [2.05, 4.69) is 20.4 Å². The van der Waals surface area contributed by atoms with Gasteiger partial charge >= 0.3 is 5.97 Å². The SMILES string of the molecule is O=C(O)CSc1nnc(C2CC2)n1Cc1cccnn1. The van der Waals surface area contributed by atoms with E-state index in [1.807, 2.05) is 16.7 Å². The van der Waals surface area contributed by atoms with Crippen LogP contribution in [0.3, 0.4) is 0 Å². The lowest BCUT2D eigenvalue weighted by Gasteiger charge is -2.08. The number of rotatable bonds is 6. The topological polar surface area (TPSA) is 93.8 Å². The monoisotopic (exact) mass is 291 g/mol. The molecule has 0 spiro atoms. The van der Waals surface area contributed by atoms with Gasteiger partial charge in [0.1, 0.15) is 5.82 Å². The molecule has 0 atom stereocenters. The summed E-state index contributed by atoms with van der Waals surface area (Å²) >= 11 is 1.18. The Kier molecular flexibility index (Phi) is 3.64. The molecular formula is C12H13N5O2S. The van der Waals surface area contributed by atoms with E-state index in [1.165, 1.54) is 11.8 Å². The van der Waals surface area contributed by atoms with Crippen molar-refractivity contribution in [2.75, 3.05) is 5.75 Å².